The van der Waals surface area contributed by atoms with Gasteiger partial charge >= 0.3 is 0 Å². The van der Waals surface area contributed by atoms with Crippen molar-refractivity contribution in [2.75, 3.05) is 13.2 Å². The van der Waals surface area contributed by atoms with E-state index in [-0.39, 0.29) is 0 Å². The van der Waals surface area contributed by atoms with Crippen LogP contribution in [0.3, 0.4) is 0 Å². The fraction of sp³-hybridized carbons (Fsp3) is 0.625. The molecule has 2 unspecified atom stereocenters. The van der Waals surface area contributed by atoms with Gasteiger partial charge in [0.2, 0.25) is 0 Å². The van der Waals surface area contributed by atoms with Gasteiger partial charge in [0, 0.05) is 11.6 Å². The first-order valence-electron chi connectivity index (χ1n) is 7.17. The summed E-state index contributed by atoms with van der Waals surface area (Å²) in [5.41, 5.74) is 1.27. The molecule has 0 heterocycles. The van der Waals surface area contributed by atoms with Gasteiger partial charge in [-0.1, -0.05) is 25.1 Å². The van der Waals surface area contributed by atoms with Crippen LogP contribution in [0.5, 0.6) is 5.75 Å². The van der Waals surface area contributed by atoms with Crippen molar-refractivity contribution in [3.05, 3.63) is 29.8 Å². The molecule has 1 aliphatic carbocycles. The lowest BCUT2D eigenvalue weighted by Crippen LogP contribution is -2.25. The number of ether oxygens (including phenoxy) is 1. The van der Waals surface area contributed by atoms with Gasteiger partial charge in [-0.2, -0.15) is 0 Å². The van der Waals surface area contributed by atoms with E-state index >= 15 is 0 Å². The lowest BCUT2D eigenvalue weighted by atomic mass is 10.0. The Morgan fingerprint density at radius 1 is 1.28 bits per heavy atom. The van der Waals surface area contributed by atoms with E-state index in [4.69, 9.17) is 4.74 Å². The normalized spacial score (nSPS) is 18.4. The summed E-state index contributed by atoms with van der Waals surface area (Å²) in [5.74, 6) is 2.78. The molecular formula is C16H25NO. The predicted octanol–water partition coefficient (Wildman–Crippen LogP) is 3.78. The van der Waals surface area contributed by atoms with Gasteiger partial charge in [-0.05, 0) is 51.1 Å². The highest BCUT2D eigenvalue weighted by molar-refractivity contribution is 5.35. The van der Waals surface area contributed by atoms with Crippen molar-refractivity contribution in [1.29, 1.82) is 0 Å². The Balaban J connectivity index is 1.92. The Morgan fingerprint density at radius 3 is 2.67 bits per heavy atom. The summed E-state index contributed by atoms with van der Waals surface area (Å²) < 4.78 is 5.68. The SMILES string of the molecule is CCOc1ccccc1C(C)NCC(C)C1CC1. The van der Waals surface area contributed by atoms with Gasteiger partial charge in [-0.15, -0.1) is 0 Å². The second kappa shape index (κ2) is 6.24. The molecule has 1 N–H and O–H groups in total. The molecule has 2 rings (SSSR count). The van der Waals surface area contributed by atoms with Gasteiger partial charge in [-0.3, -0.25) is 0 Å². The van der Waals surface area contributed by atoms with Crippen LogP contribution in [0.1, 0.15) is 45.2 Å². The van der Waals surface area contributed by atoms with E-state index in [1.54, 1.807) is 0 Å². The summed E-state index contributed by atoms with van der Waals surface area (Å²) in [7, 11) is 0. The van der Waals surface area contributed by atoms with Crippen LogP contribution in [0.15, 0.2) is 24.3 Å². The first-order chi connectivity index (χ1) is 8.72. The average molecular weight is 247 g/mol. The van der Waals surface area contributed by atoms with Crippen molar-refractivity contribution in [2.24, 2.45) is 11.8 Å². The molecular weight excluding hydrogens is 222 g/mol. The summed E-state index contributed by atoms with van der Waals surface area (Å²) in [6.07, 6.45) is 2.85. The molecule has 1 aliphatic rings. The molecule has 0 amide bonds. The third-order valence-electron chi connectivity index (χ3n) is 3.86. The van der Waals surface area contributed by atoms with Gasteiger partial charge in [-0.25, -0.2) is 0 Å². The molecule has 1 aromatic rings. The van der Waals surface area contributed by atoms with Crippen LogP contribution in [0, 0.1) is 11.8 Å². The van der Waals surface area contributed by atoms with Crippen LogP contribution in [-0.4, -0.2) is 13.2 Å². The average Bonchev–Trinajstić information content (AvgIpc) is 3.21. The molecule has 2 heteroatoms. The van der Waals surface area contributed by atoms with Crippen LogP contribution in [0.2, 0.25) is 0 Å². The molecule has 0 saturated heterocycles. The van der Waals surface area contributed by atoms with Crippen molar-refractivity contribution in [2.45, 2.75) is 39.7 Å². The van der Waals surface area contributed by atoms with E-state index in [2.05, 4.69) is 37.4 Å². The molecule has 1 fully saturated rings. The van der Waals surface area contributed by atoms with E-state index in [0.29, 0.717) is 6.04 Å². The van der Waals surface area contributed by atoms with Crippen molar-refractivity contribution in [3.8, 4) is 5.75 Å². The minimum Gasteiger partial charge on any atom is -0.494 e. The van der Waals surface area contributed by atoms with E-state index in [1.165, 1.54) is 18.4 Å². The number of para-hydroxylation sites is 1. The number of benzene rings is 1. The fourth-order valence-corrected chi connectivity index (χ4v) is 2.43. The van der Waals surface area contributed by atoms with E-state index in [1.807, 2.05) is 13.0 Å². The summed E-state index contributed by atoms with van der Waals surface area (Å²) in [5, 5.41) is 3.64. The lowest BCUT2D eigenvalue weighted by Gasteiger charge is -2.20. The summed E-state index contributed by atoms with van der Waals surface area (Å²) in [6.45, 7) is 8.43. The van der Waals surface area contributed by atoms with Crippen LogP contribution >= 0.6 is 0 Å². The molecule has 1 saturated carbocycles. The lowest BCUT2D eigenvalue weighted by molar-refractivity contribution is 0.330. The molecule has 0 aromatic heterocycles. The number of nitrogens with one attached hydrogen (secondary N) is 1. The first-order valence-corrected chi connectivity index (χ1v) is 7.17. The van der Waals surface area contributed by atoms with E-state index in [9.17, 15) is 0 Å². The minimum absolute atomic E-state index is 0.356. The zero-order chi connectivity index (χ0) is 13.0. The summed E-state index contributed by atoms with van der Waals surface area (Å²) in [6, 6.07) is 8.69. The van der Waals surface area contributed by atoms with Gasteiger partial charge in [0.05, 0.1) is 6.61 Å². The summed E-state index contributed by atoms with van der Waals surface area (Å²) in [4.78, 5) is 0. The van der Waals surface area contributed by atoms with Crippen molar-refractivity contribution in [1.82, 2.24) is 5.32 Å². The van der Waals surface area contributed by atoms with Crippen LogP contribution in [0.4, 0.5) is 0 Å². The smallest absolute Gasteiger partial charge is 0.124 e. The molecule has 2 atom stereocenters. The molecule has 0 spiro atoms. The molecule has 0 radical (unpaired) electrons. The molecule has 18 heavy (non-hydrogen) atoms. The predicted molar refractivity (Wildman–Crippen MR) is 75.9 cm³/mol. The Hall–Kier alpha value is -1.02. The largest absolute Gasteiger partial charge is 0.494 e. The van der Waals surface area contributed by atoms with Gasteiger partial charge in [0.15, 0.2) is 0 Å². The maximum Gasteiger partial charge on any atom is 0.124 e. The Labute approximate surface area is 111 Å². The Bertz CT molecular complexity index is 373. The maximum absolute atomic E-state index is 5.68. The monoisotopic (exact) mass is 247 g/mol. The number of hydrogen-bond acceptors (Lipinski definition) is 2. The van der Waals surface area contributed by atoms with Gasteiger partial charge in [0.25, 0.3) is 0 Å². The molecule has 2 nitrogen and oxygen atoms in total. The van der Waals surface area contributed by atoms with Gasteiger partial charge < -0.3 is 10.1 Å². The second-order valence-electron chi connectivity index (χ2n) is 5.42. The quantitative estimate of drug-likeness (QED) is 0.791. The third kappa shape index (κ3) is 3.49. The van der Waals surface area contributed by atoms with Crippen molar-refractivity contribution >= 4 is 0 Å². The number of rotatable bonds is 7. The zero-order valence-electron chi connectivity index (χ0n) is 11.8. The molecule has 1 aromatic carbocycles. The fourth-order valence-electron chi connectivity index (χ4n) is 2.43. The van der Waals surface area contributed by atoms with E-state index in [0.717, 1.165) is 30.7 Å². The van der Waals surface area contributed by atoms with Crippen LogP contribution in [0.25, 0.3) is 0 Å². The van der Waals surface area contributed by atoms with Crippen LogP contribution in [-0.2, 0) is 0 Å². The third-order valence-corrected chi connectivity index (χ3v) is 3.86. The second-order valence-corrected chi connectivity index (χ2v) is 5.42. The zero-order valence-corrected chi connectivity index (χ0v) is 11.8. The molecule has 100 valence electrons. The summed E-state index contributed by atoms with van der Waals surface area (Å²) >= 11 is 0. The van der Waals surface area contributed by atoms with Crippen molar-refractivity contribution < 1.29 is 4.74 Å². The van der Waals surface area contributed by atoms with Crippen molar-refractivity contribution in [3.63, 3.8) is 0 Å². The molecule has 0 bridgehead atoms. The molecule has 0 aliphatic heterocycles. The highest BCUT2D eigenvalue weighted by Gasteiger charge is 2.27. The standard InChI is InChI=1S/C16H25NO/c1-4-18-16-8-6-5-7-15(16)13(3)17-11-12(2)14-9-10-14/h5-8,12-14,17H,4,9-11H2,1-3H3. The number of hydrogen-bond donors (Lipinski definition) is 1. The minimum atomic E-state index is 0.356. The maximum atomic E-state index is 5.68. The highest BCUT2D eigenvalue weighted by Crippen LogP contribution is 2.36. The van der Waals surface area contributed by atoms with Gasteiger partial charge in [0.1, 0.15) is 5.75 Å². The van der Waals surface area contributed by atoms with Crippen LogP contribution < -0.4 is 10.1 Å². The topological polar surface area (TPSA) is 21.3 Å². The Morgan fingerprint density at radius 2 is 2.00 bits per heavy atom. The van der Waals surface area contributed by atoms with E-state index < -0.39 is 0 Å². The Kier molecular flexibility index (Phi) is 4.65. The highest BCUT2D eigenvalue weighted by atomic mass is 16.5. The first kappa shape index (κ1) is 13.4.